The summed E-state index contributed by atoms with van der Waals surface area (Å²) in [6.07, 6.45) is 0. The van der Waals surface area contributed by atoms with Gasteiger partial charge in [-0.3, -0.25) is 4.98 Å². The normalized spacial score (nSPS) is 10.1. The third-order valence-corrected chi connectivity index (χ3v) is 2.34. The lowest BCUT2D eigenvalue weighted by molar-refractivity contribution is 0.378. The van der Waals surface area contributed by atoms with Crippen molar-refractivity contribution in [3.63, 3.8) is 0 Å². The van der Waals surface area contributed by atoms with Crippen LogP contribution in [0.5, 0.6) is 6.01 Å². The summed E-state index contributed by atoms with van der Waals surface area (Å²) in [5.41, 5.74) is 0.833. The Kier molecular flexibility index (Phi) is 3.17. The van der Waals surface area contributed by atoms with Crippen LogP contribution in [0.4, 0.5) is 0 Å². The Bertz CT molecular complexity index is 570. The summed E-state index contributed by atoms with van der Waals surface area (Å²) in [7, 11) is 1.51. The van der Waals surface area contributed by atoms with Crippen LogP contribution in [0.2, 0.25) is 5.02 Å². The molecule has 0 unspecified atom stereocenters. The SMILES string of the molecule is COc1nc(=S)nc(-c2cccc(Cl)c2)[nH]1. The lowest BCUT2D eigenvalue weighted by atomic mass is 10.2. The molecule has 0 aliphatic heterocycles. The van der Waals surface area contributed by atoms with E-state index >= 15 is 0 Å². The topological polar surface area (TPSA) is 50.8 Å². The van der Waals surface area contributed by atoms with E-state index in [9.17, 15) is 0 Å². The fourth-order valence-corrected chi connectivity index (χ4v) is 1.60. The van der Waals surface area contributed by atoms with Crippen LogP contribution in [-0.4, -0.2) is 22.1 Å². The minimum atomic E-state index is 0.227. The minimum absolute atomic E-state index is 0.227. The van der Waals surface area contributed by atoms with Gasteiger partial charge in [0.1, 0.15) is 5.82 Å². The molecule has 0 saturated heterocycles. The van der Waals surface area contributed by atoms with Gasteiger partial charge < -0.3 is 4.74 Å². The molecule has 2 rings (SSSR count). The van der Waals surface area contributed by atoms with Gasteiger partial charge in [-0.2, -0.15) is 4.98 Å². The van der Waals surface area contributed by atoms with Crippen molar-refractivity contribution in [1.29, 1.82) is 0 Å². The molecule has 0 fully saturated rings. The van der Waals surface area contributed by atoms with E-state index in [-0.39, 0.29) is 4.77 Å². The summed E-state index contributed by atoms with van der Waals surface area (Å²) in [6.45, 7) is 0. The number of aromatic nitrogens is 3. The quantitative estimate of drug-likeness (QED) is 0.837. The smallest absolute Gasteiger partial charge is 0.297 e. The van der Waals surface area contributed by atoms with E-state index in [4.69, 9.17) is 28.6 Å². The van der Waals surface area contributed by atoms with E-state index in [1.807, 2.05) is 12.1 Å². The summed E-state index contributed by atoms with van der Waals surface area (Å²) in [5, 5.41) is 0.634. The highest BCUT2D eigenvalue weighted by Crippen LogP contribution is 2.19. The van der Waals surface area contributed by atoms with Crippen LogP contribution in [0.25, 0.3) is 11.4 Å². The lowest BCUT2D eigenvalue weighted by Gasteiger charge is -2.03. The van der Waals surface area contributed by atoms with Crippen molar-refractivity contribution < 1.29 is 4.74 Å². The molecular formula is C10H8ClN3OS. The zero-order valence-corrected chi connectivity index (χ0v) is 9.97. The maximum atomic E-state index is 5.89. The van der Waals surface area contributed by atoms with Gasteiger partial charge >= 0.3 is 0 Å². The van der Waals surface area contributed by atoms with Crippen LogP contribution >= 0.6 is 23.8 Å². The van der Waals surface area contributed by atoms with Crippen LogP contribution in [0.3, 0.4) is 0 Å². The molecule has 1 aromatic heterocycles. The number of ether oxygens (including phenoxy) is 1. The first kappa shape index (κ1) is 11.0. The van der Waals surface area contributed by atoms with Crippen molar-refractivity contribution in [2.45, 2.75) is 0 Å². The predicted octanol–water partition coefficient (Wildman–Crippen LogP) is 2.86. The first-order valence-corrected chi connectivity index (χ1v) is 5.26. The molecule has 0 aliphatic carbocycles. The van der Waals surface area contributed by atoms with Crippen molar-refractivity contribution in [1.82, 2.24) is 15.0 Å². The number of halogens is 1. The number of nitrogens with one attached hydrogen (secondary N) is 1. The monoisotopic (exact) mass is 253 g/mol. The van der Waals surface area contributed by atoms with Gasteiger partial charge in [0.05, 0.1) is 7.11 Å². The second-order valence-corrected chi connectivity index (χ2v) is 3.80. The second-order valence-electron chi connectivity index (χ2n) is 3.00. The Morgan fingerprint density at radius 2 is 2.19 bits per heavy atom. The molecule has 0 aliphatic rings. The molecule has 4 nitrogen and oxygen atoms in total. The number of methoxy groups -OCH3 is 1. The third-order valence-electron chi connectivity index (χ3n) is 1.92. The Balaban J connectivity index is 2.55. The highest BCUT2D eigenvalue weighted by molar-refractivity contribution is 7.71. The zero-order chi connectivity index (χ0) is 11.5. The number of hydrogen-bond donors (Lipinski definition) is 1. The average Bonchev–Trinajstić information content (AvgIpc) is 2.28. The van der Waals surface area contributed by atoms with E-state index in [1.54, 1.807) is 12.1 Å². The molecule has 0 amide bonds. The molecular weight excluding hydrogens is 246 g/mol. The summed E-state index contributed by atoms with van der Waals surface area (Å²) in [6, 6.07) is 7.62. The summed E-state index contributed by atoms with van der Waals surface area (Å²) in [5.74, 6) is 0.583. The van der Waals surface area contributed by atoms with E-state index in [1.165, 1.54) is 7.11 Å². The van der Waals surface area contributed by atoms with E-state index in [0.29, 0.717) is 16.9 Å². The van der Waals surface area contributed by atoms with Crippen molar-refractivity contribution in [3.8, 4) is 17.4 Å². The molecule has 1 heterocycles. The highest BCUT2D eigenvalue weighted by Gasteiger charge is 2.03. The van der Waals surface area contributed by atoms with Gasteiger partial charge in [0.25, 0.3) is 6.01 Å². The maximum absolute atomic E-state index is 5.89. The summed E-state index contributed by atoms with van der Waals surface area (Å²) >= 11 is 10.8. The lowest BCUT2D eigenvalue weighted by Crippen LogP contribution is -1.97. The van der Waals surface area contributed by atoms with Crippen molar-refractivity contribution >= 4 is 23.8 Å². The molecule has 0 radical (unpaired) electrons. The number of benzene rings is 1. The molecule has 0 atom stereocenters. The Labute approximate surface area is 102 Å². The standard InChI is InChI=1S/C10H8ClN3OS/c1-15-9-12-8(13-10(16)14-9)6-3-2-4-7(11)5-6/h2-5H,1H3,(H,12,13,14,16). The molecule has 82 valence electrons. The van der Waals surface area contributed by atoms with Gasteiger partial charge in [0, 0.05) is 10.6 Å². The van der Waals surface area contributed by atoms with E-state index in [2.05, 4.69) is 15.0 Å². The molecule has 1 aromatic carbocycles. The van der Waals surface area contributed by atoms with Crippen LogP contribution < -0.4 is 4.74 Å². The second kappa shape index (κ2) is 4.59. The van der Waals surface area contributed by atoms with E-state index < -0.39 is 0 Å². The van der Waals surface area contributed by atoms with Gasteiger partial charge in [-0.15, -0.1) is 0 Å². The van der Waals surface area contributed by atoms with Crippen molar-refractivity contribution in [3.05, 3.63) is 34.1 Å². The average molecular weight is 254 g/mol. The molecule has 0 spiro atoms. The zero-order valence-electron chi connectivity index (χ0n) is 8.40. The first-order valence-electron chi connectivity index (χ1n) is 4.47. The Morgan fingerprint density at radius 3 is 2.88 bits per heavy atom. The number of aromatic amines is 1. The summed E-state index contributed by atoms with van der Waals surface area (Å²) < 4.78 is 5.21. The van der Waals surface area contributed by atoms with Crippen LogP contribution in [0.1, 0.15) is 0 Å². The highest BCUT2D eigenvalue weighted by atomic mass is 35.5. The maximum Gasteiger partial charge on any atom is 0.297 e. The Morgan fingerprint density at radius 1 is 1.38 bits per heavy atom. The fourth-order valence-electron chi connectivity index (χ4n) is 1.23. The van der Waals surface area contributed by atoms with Gasteiger partial charge in [0.2, 0.25) is 4.77 Å². The van der Waals surface area contributed by atoms with Gasteiger partial charge in [-0.05, 0) is 24.4 Å². The van der Waals surface area contributed by atoms with Crippen molar-refractivity contribution in [2.24, 2.45) is 0 Å². The number of rotatable bonds is 2. The number of nitrogens with zero attached hydrogens (tertiary/aromatic N) is 2. The van der Waals surface area contributed by atoms with Crippen LogP contribution in [0, 0.1) is 4.77 Å². The van der Waals surface area contributed by atoms with E-state index in [0.717, 1.165) is 5.56 Å². The molecule has 6 heteroatoms. The Hall–Kier alpha value is -1.46. The number of hydrogen-bond acceptors (Lipinski definition) is 4. The molecule has 1 N–H and O–H groups in total. The summed E-state index contributed by atoms with van der Waals surface area (Å²) in [4.78, 5) is 10.9. The largest absolute Gasteiger partial charge is 0.468 e. The molecule has 16 heavy (non-hydrogen) atoms. The van der Waals surface area contributed by atoms with Gasteiger partial charge in [-0.25, -0.2) is 4.98 Å². The molecule has 0 bridgehead atoms. The fraction of sp³-hybridized carbons (Fsp3) is 0.100. The minimum Gasteiger partial charge on any atom is -0.468 e. The van der Waals surface area contributed by atoms with Gasteiger partial charge in [0.15, 0.2) is 0 Å². The van der Waals surface area contributed by atoms with Crippen LogP contribution in [0.15, 0.2) is 24.3 Å². The molecule has 0 saturated carbocycles. The van der Waals surface area contributed by atoms with Crippen LogP contribution in [-0.2, 0) is 0 Å². The number of H-pyrrole nitrogens is 1. The predicted molar refractivity (Wildman–Crippen MR) is 64.2 cm³/mol. The third kappa shape index (κ3) is 2.37. The first-order chi connectivity index (χ1) is 7.69. The molecule has 2 aromatic rings. The van der Waals surface area contributed by atoms with Crippen molar-refractivity contribution in [2.75, 3.05) is 7.11 Å². The van der Waals surface area contributed by atoms with Gasteiger partial charge in [-0.1, -0.05) is 23.7 Å².